The summed E-state index contributed by atoms with van der Waals surface area (Å²) in [7, 11) is 3.39. The largest absolute Gasteiger partial charge is 0.465 e. The van der Waals surface area contributed by atoms with E-state index in [1.807, 2.05) is 17.8 Å². The molecular formula is C15H18N2O2. The lowest BCUT2D eigenvalue weighted by Crippen LogP contribution is -2.14. The molecule has 0 fully saturated rings. The number of aromatic nitrogens is 1. The number of hydrogen-bond donors (Lipinski definition) is 0. The zero-order valence-electron chi connectivity index (χ0n) is 11.6. The summed E-state index contributed by atoms with van der Waals surface area (Å²) in [6, 6.07) is 4.35. The van der Waals surface area contributed by atoms with Crippen molar-refractivity contribution in [2.24, 2.45) is 7.05 Å². The third kappa shape index (κ3) is 1.83. The Balaban J connectivity index is 2.17. The van der Waals surface area contributed by atoms with Gasteiger partial charge in [-0.15, -0.1) is 0 Å². The first-order chi connectivity index (χ1) is 9.13. The van der Waals surface area contributed by atoms with Gasteiger partial charge in [0.2, 0.25) is 0 Å². The predicted octanol–water partition coefficient (Wildman–Crippen LogP) is 2.30. The molecule has 2 aromatic rings. The summed E-state index contributed by atoms with van der Waals surface area (Å²) in [6.07, 6.45) is 1.85. The molecule has 4 heteroatoms. The lowest BCUT2D eigenvalue weighted by molar-refractivity contribution is 0.0603. The first-order valence-electron chi connectivity index (χ1n) is 6.55. The van der Waals surface area contributed by atoms with Gasteiger partial charge < -0.3 is 9.30 Å². The van der Waals surface area contributed by atoms with E-state index in [9.17, 15) is 4.79 Å². The van der Waals surface area contributed by atoms with Crippen LogP contribution in [0.25, 0.3) is 10.9 Å². The summed E-state index contributed by atoms with van der Waals surface area (Å²) < 4.78 is 6.85. The van der Waals surface area contributed by atoms with Gasteiger partial charge in [-0.1, -0.05) is 6.92 Å². The maximum atomic E-state index is 11.8. The maximum Gasteiger partial charge on any atom is 0.340 e. The second-order valence-corrected chi connectivity index (χ2v) is 5.09. The fraction of sp³-hybridized carbons (Fsp3) is 0.400. The molecule has 0 spiro atoms. The molecule has 0 unspecified atom stereocenters. The van der Waals surface area contributed by atoms with Gasteiger partial charge in [-0.05, 0) is 29.8 Å². The van der Waals surface area contributed by atoms with E-state index in [1.165, 1.54) is 18.2 Å². The second-order valence-electron chi connectivity index (χ2n) is 5.09. The number of benzene rings is 1. The minimum Gasteiger partial charge on any atom is -0.465 e. The van der Waals surface area contributed by atoms with Crippen LogP contribution < -0.4 is 0 Å². The number of esters is 1. The summed E-state index contributed by atoms with van der Waals surface area (Å²) in [4.78, 5) is 14.2. The van der Waals surface area contributed by atoms with Crippen molar-refractivity contribution in [2.75, 3.05) is 13.7 Å². The van der Waals surface area contributed by atoms with Crippen LogP contribution in [-0.4, -0.2) is 29.1 Å². The summed E-state index contributed by atoms with van der Waals surface area (Å²) in [6.45, 7) is 5.19. The molecule has 1 aromatic carbocycles. The number of nitrogens with zero attached hydrogens (tertiary/aromatic N) is 2. The van der Waals surface area contributed by atoms with Crippen LogP contribution >= 0.6 is 0 Å². The Morgan fingerprint density at radius 1 is 1.32 bits per heavy atom. The average Bonchev–Trinajstić information content (AvgIpc) is 2.97. The minimum atomic E-state index is -0.268. The molecule has 1 aliphatic rings. The number of aryl methyl sites for hydroxylation is 1. The lowest BCUT2D eigenvalue weighted by Gasteiger charge is -2.09. The molecule has 1 aromatic heterocycles. The van der Waals surface area contributed by atoms with Crippen LogP contribution in [0.5, 0.6) is 0 Å². The zero-order chi connectivity index (χ0) is 13.6. The van der Waals surface area contributed by atoms with E-state index in [-0.39, 0.29) is 5.97 Å². The van der Waals surface area contributed by atoms with Crippen molar-refractivity contribution < 1.29 is 9.53 Å². The van der Waals surface area contributed by atoms with Crippen LogP contribution in [0.2, 0.25) is 0 Å². The third-order valence-corrected chi connectivity index (χ3v) is 3.95. The Kier molecular flexibility index (Phi) is 2.82. The molecule has 100 valence electrons. The highest BCUT2D eigenvalue weighted by molar-refractivity contribution is 6.04. The van der Waals surface area contributed by atoms with Crippen molar-refractivity contribution in [1.29, 1.82) is 0 Å². The van der Waals surface area contributed by atoms with Gasteiger partial charge in [0.1, 0.15) is 0 Å². The Morgan fingerprint density at radius 3 is 2.63 bits per heavy atom. The van der Waals surface area contributed by atoms with Crippen molar-refractivity contribution in [2.45, 2.75) is 20.0 Å². The monoisotopic (exact) mass is 258 g/mol. The smallest absolute Gasteiger partial charge is 0.340 e. The van der Waals surface area contributed by atoms with Gasteiger partial charge in [0.05, 0.1) is 12.7 Å². The number of ether oxygens (including phenoxy) is 1. The van der Waals surface area contributed by atoms with Crippen LogP contribution in [0.4, 0.5) is 0 Å². The van der Waals surface area contributed by atoms with E-state index in [0.29, 0.717) is 5.56 Å². The van der Waals surface area contributed by atoms with Crippen LogP contribution in [0.15, 0.2) is 18.3 Å². The minimum absolute atomic E-state index is 0.268. The van der Waals surface area contributed by atoms with E-state index >= 15 is 0 Å². The topological polar surface area (TPSA) is 34.5 Å². The average molecular weight is 258 g/mol. The van der Waals surface area contributed by atoms with E-state index in [2.05, 4.69) is 24.0 Å². The number of carbonyl (C=O) groups is 1. The highest BCUT2D eigenvalue weighted by Gasteiger charge is 2.21. The van der Waals surface area contributed by atoms with Gasteiger partial charge in [0.15, 0.2) is 0 Å². The Hall–Kier alpha value is -1.81. The highest BCUT2D eigenvalue weighted by Crippen LogP contribution is 2.30. The van der Waals surface area contributed by atoms with Gasteiger partial charge in [0, 0.05) is 37.2 Å². The Bertz CT molecular complexity index is 658. The summed E-state index contributed by atoms with van der Waals surface area (Å²) >= 11 is 0. The molecule has 0 N–H and O–H groups in total. The molecule has 0 bridgehead atoms. The Morgan fingerprint density at radius 2 is 2.00 bits per heavy atom. The van der Waals surface area contributed by atoms with Crippen molar-refractivity contribution in [3.05, 3.63) is 35.0 Å². The van der Waals surface area contributed by atoms with Crippen molar-refractivity contribution in [1.82, 2.24) is 9.47 Å². The molecule has 4 nitrogen and oxygen atoms in total. The molecule has 0 radical (unpaired) electrons. The predicted molar refractivity (Wildman–Crippen MR) is 74.0 cm³/mol. The summed E-state index contributed by atoms with van der Waals surface area (Å²) in [5.41, 5.74) is 4.44. The van der Waals surface area contributed by atoms with Gasteiger partial charge >= 0.3 is 5.97 Å². The lowest BCUT2D eigenvalue weighted by atomic mass is 10.1. The SMILES string of the molecule is CCN1Cc2cc3c(C(=O)OC)cn(C)c3cc2C1. The third-order valence-electron chi connectivity index (χ3n) is 3.95. The normalized spacial score (nSPS) is 14.9. The number of rotatable bonds is 2. The number of carbonyl (C=O) groups excluding carboxylic acids is 1. The zero-order valence-corrected chi connectivity index (χ0v) is 11.6. The van der Waals surface area contributed by atoms with Gasteiger partial charge in [-0.25, -0.2) is 4.79 Å². The molecule has 0 atom stereocenters. The quantitative estimate of drug-likeness (QED) is 0.775. The van der Waals surface area contributed by atoms with E-state index < -0.39 is 0 Å². The van der Waals surface area contributed by atoms with Crippen molar-refractivity contribution in [3.63, 3.8) is 0 Å². The van der Waals surface area contributed by atoms with Crippen LogP contribution in [0.3, 0.4) is 0 Å². The standard InChI is InChI=1S/C15H18N2O2/c1-4-17-7-10-5-12-13(15(18)19-3)9-16(2)14(12)6-11(10)8-17/h5-6,9H,4,7-8H2,1-3H3. The molecular weight excluding hydrogens is 240 g/mol. The fourth-order valence-electron chi connectivity index (χ4n) is 2.84. The van der Waals surface area contributed by atoms with Crippen LogP contribution in [0.1, 0.15) is 28.4 Å². The van der Waals surface area contributed by atoms with Crippen LogP contribution in [-0.2, 0) is 24.9 Å². The molecule has 0 amide bonds. The number of hydrogen-bond acceptors (Lipinski definition) is 3. The van der Waals surface area contributed by atoms with Gasteiger partial charge in [-0.2, -0.15) is 0 Å². The van der Waals surface area contributed by atoms with Gasteiger partial charge in [0.25, 0.3) is 0 Å². The van der Waals surface area contributed by atoms with Crippen molar-refractivity contribution in [3.8, 4) is 0 Å². The van der Waals surface area contributed by atoms with Crippen molar-refractivity contribution >= 4 is 16.9 Å². The number of methoxy groups -OCH3 is 1. The van der Waals surface area contributed by atoms with E-state index in [4.69, 9.17) is 4.74 Å². The molecule has 3 rings (SSSR count). The molecule has 0 aliphatic carbocycles. The molecule has 19 heavy (non-hydrogen) atoms. The molecule has 0 saturated heterocycles. The van der Waals surface area contributed by atoms with E-state index in [1.54, 1.807) is 0 Å². The second kappa shape index (κ2) is 4.38. The fourth-order valence-corrected chi connectivity index (χ4v) is 2.84. The van der Waals surface area contributed by atoms with Crippen LogP contribution in [0, 0.1) is 0 Å². The molecule has 2 heterocycles. The molecule has 0 saturated carbocycles. The van der Waals surface area contributed by atoms with Gasteiger partial charge in [-0.3, -0.25) is 4.90 Å². The van der Waals surface area contributed by atoms with E-state index in [0.717, 1.165) is 30.5 Å². The Labute approximate surface area is 112 Å². The molecule has 1 aliphatic heterocycles. The maximum absolute atomic E-state index is 11.8. The summed E-state index contributed by atoms with van der Waals surface area (Å²) in [5.74, 6) is -0.268. The summed E-state index contributed by atoms with van der Waals surface area (Å²) in [5, 5.41) is 0.992. The number of fused-ring (bicyclic) bond motifs is 2. The first-order valence-corrected chi connectivity index (χ1v) is 6.55. The highest BCUT2D eigenvalue weighted by atomic mass is 16.5. The first kappa shape index (κ1) is 12.2.